The van der Waals surface area contributed by atoms with Crippen LogP contribution in [0.2, 0.25) is 0 Å². The van der Waals surface area contributed by atoms with Gasteiger partial charge in [-0.2, -0.15) is 0 Å². The summed E-state index contributed by atoms with van der Waals surface area (Å²) in [5.41, 5.74) is 3.49. The molecule has 16 heavy (non-hydrogen) atoms. The predicted octanol–water partition coefficient (Wildman–Crippen LogP) is 3.30. The van der Waals surface area contributed by atoms with Crippen molar-refractivity contribution in [2.75, 3.05) is 5.32 Å². The molecular formula is C14H20N2. The van der Waals surface area contributed by atoms with Crippen molar-refractivity contribution in [3.63, 3.8) is 0 Å². The van der Waals surface area contributed by atoms with Gasteiger partial charge in [0.2, 0.25) is 0 Å². The summed E-state index contributed by atoms with van der Waals surface area (Å²) in [6.07, 6.45) is 5.72. The largest absolute Gasteiger partial charge is 0.381 e. The molecule has 0 aromatic carbocycles. The van der Waals surface area contributed by atoms with Crippen LogP contribution < -0.4 is 5.32 Å². The average Bonchev–Trinajstić information content (AvgIpc) is 2.84. The summed E-state index contributed by atoms with van der Waals surface area (Å²) in [6, 6.07) is 4.99. The lowest BCUT2D eigenvalue weighted by Crippen LogP contribution is -2.26. The highest BCUT2D eigenvalue weighted by Crippen LogP contribution is 2.45. The molecule has 1 aromatic rings. The molecule has 2 aliphatic rings. The maximum atomic E-state index is 4.52. The Morgan fingerprint density at radius 1 is 1.19 bits per heavy atom. The van der Waals surface area contributed by atoms with Gasteiger partial charge in [0, 0.05) is 11.7 Å². The van der Waals surface area contributed by atoms with Crippen molar-refractivity contribution in [3.05, 3.63) is 23.5 Å². The third-order valence-electron chi connectivity index (χ3n) is 4.30. The van der Waals surface area contributed by atoms with E-state index in [-0.39, 0.29) is 0 Å². The van der Waals surface area contributed by atoms with Crippen molar-refractivity contribution >= 4 is 5.69 Å². The van der Waals surface area contributed by atoms with Gasteiger partial charge in [0.05, 0.1) is 11.4 Å². The van der Waals surface area contributed by atoms with Crippen LogP contribution in [0.3, 0.4) is 0 Å². The molecule has 86 valence electrons. The van der Waals surface area contributed by atoms with Crippen molar-refractivity contribution in [2.24, 2.45) is 11.8 Å². The number of nitrogens with one attached hydrogen (secondary N) is 1. The Morgan fingerprint density at radius 3 is 2.69 bits per heavy atom. The second kappa shape index (κ2) is 3.76. The van der Waals surface area contributed by atoms with Gasteiger partial charge in [-0.05, 0) is 57.1 Å². The normalized spacial score (nSPS) is 32.0. The number of nitrogens with zero attached hydrogens (tertiary/aromatic N) is 1. The van der Waals surface area contributed by atoms with Crippen LogP contribution in [0.15, 0.2) is 12.1 Å². The zero-order chi connectivity index (χ0) is 11.1. The fourth-order valence-corrected chi connectivity index (χ4v) is 3.46. The first-order valence-corrected chi connectivity index (χ1v) is 6.43. The first-order valence-electron chi connectivity index (χ1n) is 6.43. The van der Waals surface area contributed by atoms with E-state index in [0.717, 1.165) is 23.2 Å². The highest BCUT2D eigenvalue weighted by atomic mass is 15.0. The zero-order valence-corrected chi connectivity index (χ0v) is 10.2. The molecule has 0 amide bonds. The third-order valence-corrected chi connectivity index (χ3v) is 4.30. The molecule has 2 fully saturated rings. The van der Waals surface area contributed by atoms with Crippen molar-refractivity contribution in [2.45, 2.75) is 45.6 Å². The van der Waals surface area contributed by atoms with Crippen molar-refractivity contribution < 1.29 is 0 Å². The molecule has 0 saturated heterocycles. The van der Waals surface area contributed by atoms with E-state index in [4.69, 9.17) is 0 Å². The lowest BCUT2D eigenvalue weighted by atomic mass is 9.95. The first kappa shape index (κ1) is 10.1. The van der Waals surface area contributed by atoms with Crippen molar-refractivity contribution in [1.82, 2.24) is 4.98 Å². The van der Waals surface area contributed by atoms with Crippen LogP contribution in [0.1, 0.15) is 37.1 Å². The number of hydrogen-bond donors (Lipinski definition) is 1. The Bertz CT molecular complexity index is 400. The van der Waals surface area contributed by atoms with Crippen LogP contribution in [0.25, 0.3) is 0 Å². The Hall–Kier alpha value is -1.05. The van der Waals surface area contributed by atoms with Gasteiger partial charge in [-0.3, -0.25) is 4.98 Å². The zero-order valence-electron chi connectivity index (χ0n) is 10.2. The smallest absolute Gasteiger partial charge is 0.0606 e. The molecule has 2 saturated carbocycles. The summed E-state index contributed by atoms with van der Waals surface area (Å²) < 4.78 is 0. The van der Waals surface area contributed by atoms with E-state index in [1.54, 1.807) is 0 Å². The van der Waals surface area contributed by atoms with Gasteiger partial charge in [-0.25, -0.2) is 0 Å². The minimum absolute atomic E-state index is 0.710. The SMILES string of the molecule is Cc1ccc(NC2CC3CCC2C3)c(C)n1. The summed E-state index contributed by atoms with van der Waals surface area (Å²) in [7, 11) is 0. The minimum Gasteiger partial charge on any atom is -0.381 e. The summed E-state index contributed by atoms with van der Waals surface area (Å²) in [5.74, 6) is 1.92. The molecule has 0 radical (unpaired) electrons. The van der Waals surface area contributed by atoms with E-state index in [9.17, 15) is 0 Å². The van der Waals surface area contributed by atoms with Gasteiger partial charge < -0.3 is 5.32 Å². The number of aryl methyl sites for hydroxylation is 2. The maximum absolute atomic E-state index is 4.52. The number of hydrogen-bond acceptors (Lipinski definition) is 2. The van der Waals surface area contributed by atoms with Gasteiger partial charge in [-0.15, -0.1) is 0 Å². The topological polar surface area (TPSA) is 24.9 Å². The van der Waals surface area contributed by atoms with Crippen LogP contribution >= 0.6 is 0 Å². The second-order valence-corrected chi connectivity index (χ2v) is 5.51. The van der Waals surface area contributed by atoms with E-state index >= 15 is 0 Å². The van der Waals surface area contributed by atoms with E-state index in [2.05, 4.69) is 29.4 Å². The molecule has 2 nitrogen and oxygen atoms in total. The van der Waals surface area contributed by atoms with Gasteiger partial charge in [0.15, 0.2) is 0 Å². The maximum Gasteiger partial charge on any atom is 0.0606 e. The Morgan fingerprint density at radius 2 is 2.06 bits per heavy atom. The van der Waals surface area contributed by atoms with Gasteiger partial charge >= 0.3 is 0 Å². The van der Waals surface area contributed by atoms with Crippen LogP contribution in [0.4, 0.5) is 5.69 Å². The molecule has 2 aliphatic carbocycles. The lowest BCUT2D eigenvalue weighted by molar-refractivity contribution is 0.439. The standard InChI is InChI=1S/C14H20N2/c1-9-3-6-13(10(2)15-9)16-14-8-11-4-5-12(14)7-11/h3,6,11-12,14,16H,4-5,7-8H2,1-2H3. The fraction of sp³-hybridized carbons (Fsp3) is 0.643. The van der Waals surface area contributed by atoms with E-state index < -0.39 is 0 Å². The molecule has 1 heterocycles. The molecule has 3 atom stereocenters. The van der Waals surface area contributed by atoms with E-state index in [0.29, 0.717) is 6.04 Å². The monoisotopic (exact) mass is 216 g/mol. The highest BCUT2D eigenvalue weighted by Gasteiger charge is 2.39. The number of aromatic nitrogens is 1. The van der Waals surface area contributed by atoms with Crippen LogP contribution in [0, 0.1) is 25.7 Å². The van der Waals surface area contributed by atoms with Gasteiger partial charge in [-0.1, -0.05) is 6.42 Å². The summed E-state index contributed by atoms with van der Waals surface area (Å²) in [5, 5.41) is 3.71. The summed E-state index contributed by atoms with van der Waals surface area (Å²) >= 11 is 0. The van der Waals surface area contributed by atoms with Gasteiger partial charge in [0.25, 0.3) is 0 Å². The Kier molecular flexibility index (Phi) is 2.38. The third kappa shape index (κ3) is 1.70. The second-order valence-electron chi connectivity index (χ2n) is 5.51. The van der Waals surface area contributed by atoms with E-state index in [1.165, 1.54) is 31.4 Å². The van der Waals surface area contributed by atoms with Crippen LogP contribution in [-0.2, 0) is 0 Å². The minimum atomic E-state index is 0.710. The quantitative estimate of drug-likeness (QED) is 0.820. The molecule has 2 heteroatoms. The molecule has 3 unspecified atom stereocenters. The average molecular weight is 216 g/mol. The van der Waals surface area contributed by atoms with Crippen molar-refractivity contribution in [1.29, 1.82) is 0 Å². The molecule has 1 aromatic heterocycles. The molecule has 3 rings (SSSR count). The molecule has 1 N–H and O–H groups in total. The van der Waals surface area contributed by atoms with Crippen molar-refractivity contribution in [3.8, 4) is 0 Å². The highest BCUT2D eigenvalue weighted by molar-refractivity contribution is 5.48. The predicted molar refractivity (Wildman–Crippen MR) is 66.6 cm³/mol. The van der Waals surface area contributed by atoms with Gasteiger partial charge in [0.1, 0.15) is 0 Å². The van der Waals surface area contributed by atoms with E-state index in [1.807, 2.05) is 6.92 Å². The fourth-order valence-electron chi connectivity index (χ4n) is 3.46. The number of pyridine rings is 1. The Labute approximate surface area is 97.5 Å². The lowest BCUT2D eigenvalue weighted by Gasteiger charge is -2.24. The molecular weight excluding hydrogens is 196 g/mol. The number of rotatable bonds is 2. The van der Waals surface area contributed by atoms with Crippen LogP contribution in [-0.4, -0.2) is 11.0 Å². The number of fused-ring (bicyclic) bond motifs is 2. The molecule has 0 aliphatic heterocycles. The first-order chi connectivity index (χ1) is 7.72. The molecule has 2 bridgehead atoms. The number of anilines is 1. The van der Waals surface area contributed by atoms with Crippen LogP contribution in [0.5, 0.6) is 0 Å². The summed E-state index contributed by atoms with van der Waals surface area (Å²) in [6.45, 7) is 4.15. The molecule has 0 spiro atoms. The Balaban J connectivity index is 1.74. The summed E-state index contributed by atoms with van der Waals surface area (Å²) in [4.78, 5) is 4.52.